The van der Waals surface area contributed by atoms with E-state index in [1.54, 1.807) is 25.3 Å². The standard InChI is InChI=1S/C22H23FN2O3/c1-3-19(15-8-10-16(27-2)11-9-15)25-21(26)12-13-22-24-14-20(28-22)17-6-4-5-7-18(17)23/h4-11,14,19H,3,12-13H2,1-2H3,(H,25,26)/t19-/m1/s1. The molecule has 5 nitrogen and oxygen atoms in total. The lowest BCUT2D eigenvalue weighted by molar-refractivity contribution is -0.121. The molecule has 1 atom stereocenters. The van der Waals surface area contributed by atoms with Gasteiger partial charge >= 0.3 is 0 Å². The zero-order chi connectivity index (χ0) is 19.9. The molecule has 146 valence electrons. The molecule has 0 aliphatic carbocycles. The molecule has 0 aliphatic rings. The van der Waals surface area contributed by atoms with Gasteiger partial charge < -0.3 is 14.5 Å². The van der Waals surface area contributed by atoms with Crippen LogP contribution in [0.15, 0.2) is 59.1 Å². The number of carbonyl (C=O) groups excluding carboxylic acids is 1. The highest BCUT2D eigenvalue weighted by molar-refractivity contribution is 5.76. The van der Waals surface area contributed by atoms with Crippen LogP contribution in [0.4, 0.5) is 4.39 Å². The molecule has 0 unspecified atom stereocenters. The average molecular weight is 382 g/mol. The predicted molar refractivity (Wildman–Crippen MR) is 104 cm³/mol. The van der Waals surface area contributed by atoms with Gasteiger partial charge in [-0.3, -0.25) is 4.79 Å². The molecule has 1 amide bonds. The molecule has 0 fully saturated rings. The molecular formula is C22H23FN2O3. The highest BCUT2D eigenvalue weighted by Gasteiger charge is 2.15. The van der Waals surface area contributed by atoms with Gasteiger partial charge in [-0.15, -0.1) is 0 Å². The highest BCUT2D eigenvalue weighted by Crippen LogP contribution is 2.24. The van der Waals surface area contributed by atoms with Crippen LogP contribution in [0.3, 0.4) is 0 Å². The van der Waals surface area contributed by atoms with Crippen LogP contribution in [0.5, 0.6) is 5.75 Å². The quantitative estimate of drug-likeness (QED) is 0.614. The number of benzene rings is 2. The summed E-state index contributed by atoms with van der Waals surface area (Å²) in [4.78, 5) is 16.5. The van der Waals surface area contributed by atoms with Crippen molar-refractivity contribution in [3.05, 3.63) is 72.0 Å². The molecular weight excluding hydrogens is 359 g/mol. The van der Waals surface area contributed by atoms with E-state index >= 15 is 0 Å². The number of amides is 1. The minimum atomic E-state index is -0.367. The molecule has 0 bridgehead atoms. The van der Waals surface area contributed by atoms with E-state index in [1.165, 1.54) is 12.3 Å². The molecule has 1 aromatic heterocycles. The predicted octanol–water partition coefficient (Wildman–Crippen LogP) is 4.69. The van der Waals surface area contributed by atoms with Crippen LogP contribution in [0.25, 0.3) is 11.3 Å². The Hall–Kier alpha value is -3.15. The van der Waals surface area contributed by atoms with Crippen molar-refractivity contribution in [2.75, 3.05) is 7.11 Å². The Kier molecular flexibility index (Phi) is 6.42. The van der Waals surface area contributed by atoms with Crippen molar-refractivity contribution in [2.24, 2.45) is 0 Å². The summed E-state index contributed by atoms with van der Waals surface area (Å²) in [5, 5.41) is 3.03. The van der Waals surface area contributed by atoms with Gasteiger partial charge in [0, 0.05) is 12.8 Å². The lowest BCUT2D eigenvalue weighted by Crippen LogP contribution is -2.28. The Labute approximate surface area is 163 Å². The number of halogens is 1. The first kappa shape index (κ1) is 19.6. The van der Waals surface area contributed by atoms with Crippen LogP contribution >= 0.6 is 0 Å². The van der Waals surface area contributed by atoms with Crippen molar-refractivity contribution in [3.8, 4) is 17.1 Å². The van der Waals surface area contributed by atoms with Crippen molar-refractivity contribution in [1.82, 2.24) is 10.3 Å². The minimum Gasteiger partial charge on any atom is -0.497 e. The summed E-state index contributed by atoms with van der Waals surface area (Å²) in [5.41, 5.74) is 1.38. The molecule has 2 aromatic carbocycles. The van der Waals surface area contributed by atoms with Gasteiger partial charge in [-0.2, -0.15) is 0 Å². The van der Waals surface area contributed by atoms with E-state index < -0.39 is 0 Å². The summed E-state index contributed by atoms with van der Waals surface area (Å²) in [6, 6.07) is 13.9. The average Bonchev–Trinajstić information content (AvgIpc) is 3.20. The SMILES string of the molecule is CC[C@@H](NC(=O)CCc1ncc(-c2ccccc2F)o1)c1ccc(OC)cc1. The maximum absolute atomic E-state index is 13.8. The number of rotatable bonds is 8. The third kappa shape index (κ3) is 4.76. The number of hydrogen-bond donors (Lipinski definition) is 1. The van der Waals surface area contributed by atoms with E-state index in [-0.39, 0.29) is 24.2 Å². The van der Waals surface area contributed by atoms with Crippen molar-refractivity contribution >= 4 is 5.91 Å². The monoisotopic (exact) mass is 382 g/mol. The molecule has 3 aromatic rings. The second kappa shape index (κ2) is 9.17. The molecule has 1 heterocycles. The van der Waals surface area contributed by atoms with Crippen molar-refractivity contribution in [1.29, 1.82) is 0 Å². The fourth-order valence-electron chi connectivity index (χ4n) is 2.96. The second-order valence-electron chi connectivity index (χ2n) is 6.40. The maximum Gasteiger partial charge on any atom is 0.220 e. The number of oxazole rings is 1. The summed E-state index contributed by atoms with van der Waals surface area (Å²) in [6.07, 6.45) is 2.84. The lowest BCUT2D eigenvalue weighted by atomic mass is 10.0. The topological polar surface area (TPSA) is 64.4 Å². The third-order valence-corrected chi connectivity index (χ3v) is 4.52. The number of methoxy groups -OCH3 is 1. The van der Waals surface area contributed by atoms with Crippen LogP contribution in [0.2, 0.25) is 0 Å². The summed E-state index contributed by atoms with van der Waals surface area (Å²) in [5.74, 6) is 1.09. The molecule has 0 radical (unpaired) electrons. The number of nitrogens with one attached hydrogen (secondary N) is 1. The van der Waals surface area contributed by atoms with Gasteiger partial charge in [0.2, 0.25) is 5.91 Å². The molecule has 3 rings (SSSR count). The largest absolute Gasteiger partial charge is 0.497 e. The fraction of sp³-hybridized carbons (Fsp3) is 0.273. The summed E-state index contributed by atoms with van der Waals surface area (Å²) in [7, 11) is 1.62. The van der Waals surface area contributed by atoms with E-state index in [4.69, 9.17) is 9.15 Å². The fourth-order valence-corrected chi connectivity index (χ4v) is 2.96. The maximum atomic E-state index is 13.8. The first-order valence-electron chi connectivity index (χ1n) is 9.23. The number of nitrogens with zero attached hydrogens (tertiary/aromatic N) is 1. The Morgan fingerprint density at radius 3 is 2.64 bits per heavy atom. The Bertz CT molecular complexity index is 922. The molecule has 0 aliphatic heterocycles. The van der Waals surface area contributed by atoms with Gasteiger partial charge in [0.15, 0.2) is 11.7 Å². The molecule has 6 heteroatoms. The van der Waals surface area contributed by atoms with Crippen molar-refractivity contribution < 1.29 is 18.3 Å². The number of hydrogen-bond acceptors (Lipinski definition) is 4. The van der Waals surface area contributed by atoms with E-state index in [9.17, 15) is 9.18 Å². The zero-order valence-corrected chi connectivity index (χ0v) is 15.9. The van der Waals surface area contributed by atoms with Gasteiger partial charge in [-0.05, 0) is 36.2 Å². The summed E-state index contributed by atoms with van der Waals surface area (Å²) >= 11 is 0. The number of ether oxygens (including phenoxy) is 1. The third-order valence-electron chi connectivity index (χ3n) is 4.52. The molecule has 0 saturated heterocycles. The van der Waals surface area contributed by atoms with Gasteiger partial charge in [0.1, 0.15) is 11.6 Å². The first-order chi connectivity index (χ1) is 13.6. The Balaban J connectivity index is 1.57. The normalized spacial score (nSPS) is 11.8. The summed E-state index contributed by atoms with van der Waals surface area (Å²) in [6.45, 7) is 2.02. The van der Waals surface area contributed by atoms with Crippen molar-refractivity contribution in [2.45, 2.75) is 32.2 Å². The lowest BCUT2D eigenvalue weighted by Gasteiger charge is -2.17. The minimum absolute atomic E-state index is 0.0723. The smallest absolute Gasteiger partial charge is 0.220 e. The Morgan fingerprint density at radius 2 is 1.96 bits per heavy atom. The molecule has 1 N–H and O–H groups in total. The van der Waals surface area contributed by atoms with Crippen molar-refractivity contribution in [3.63, 3.8) is 0 Å². The van der Waals surface area contributed by atoms with Crippen LogP contribution in [-0.2, 0) is 11.2 Å². The van der Waals surface area contributed by atoms with Crippen LogP contribution < -0.4 is 10.1 Å². The number of aryl methyl sites for hydroxylation is 1. The molecule has 0 saturated carbocycles. The number of carbonyl (C=O) groups is 1. The van der Waals surface area contributed by atoms with Crippen LogP contribution in [0, 0.1) is 5.82 Å². The van der Waals surface area contributed by atoms with Gasteiger partial charge in [0.05, 0.1) is 24.9 Å². The summed E-state index contributed by atoms with van der Waals surface area (Å²) < 4.78 is 24.6. The van der Waals surface area contributed by atoms with E-state index in [1.807, 2.05) is 31.2 Å². The first-order valence-corrected chi connectivity index (χ1v) is 9.23. The van der Waals surface area contributed by atoms with Gasteiger partial charge in [0.25, 0.3) is 0 Å². The molecule has 28 heavy (non-hydrogen) atoms. The Morgan fingerprint density at radius 1 is 1.21 bits per heavy atom. The zero-order valence-electron chi connectivity index (χ0n) is 15.9. The molecule has 0 spiro atoms. The van der Waals surface area contributed by atoms with E-state index in [0.29, 0.717) is 23.6 Å². The van der Waals surface area contributed by atoms with E-state index in [0.717, 1.165) is 17.7 Å². The van der Waals surface area contributed by atoms with Gasteiger partial charge in [-0.25, -0.2) is 9.37 Å². The highest BCUT2D eigenvalue weighted by atomic mass is 19.1. The van der Waals surface area contributed by atoms with Crippen LogP contribution in [-0.4, -0.2) is 18.0 Å². The second-order valence-corrected chi connectivity index (χ2v) is 6.40. The van der Waals surface area contributed by atoms with Crippen LogP contribution in [0.1, 0.15) is 37.3 Å². The number of aromatic nitrogens is 1. The van der Waals surface area contributed by atoms with E-state index in [2.05, 4.69) is 10.3 Å². The van der Waals surface area contributed by atoms with Gasteiger partial charge in [-0.1, -0.05) is 31.2 Å².